The molecule has 1 aromatic heterocycles. The summed E-state index contributed by atoms with van der Waals surface area (Å²) in [6, 6.07) is 13.1. The van der Waals surface area contributed by atoms with E-state index in [1.807, 2.05) is 50.2 Å². The van der Waals surface area contributed by atoms with E-state index < -0.39 is 0 Å². The van der Waals surface area contributed by atoms with Gasteiger partial charge in [0.2, 0.25) is 5.76 Å². The maximum Gasteiger partial charge on any atom is 0.291 e. The highest BCUT2D eigenvalue weighted by Crippen LogP contribution is 2.32. The molecule has 1 N–H and O–H groups in total. The molecule has 1 saturated heterocycles. The number of nitrogens with one attached hydrogen (secondary N) is 1. The number of para-hydroxylation sites is 2. The van der Waals surface area contributed by atoms with Crippen molar-refractivity contribution in [2.75, 3.05) is 38.2 Å². The number of furan rings is 1. The number of rotatable bonds is 5. The Morgan fingerprint density at radius 1 is 1.03 bits per heavy atom. The quantitative estimate of drug-likeness (QED) is 0.698. The van der Waals surface area contributed by atoms with Crippen molar-refractivity contribution in [2.24, 2.45) is 0 Å². The van der Waals surface area contributed by atoms with Crippen LogP contribution in [0.2, 0.25) is 0 Å². The van der Waals surface area contributed by atoms with Crippen molar-refractivity contribution in [3.8, 4) is 5.75 Å². The fourth-order valence-corrected chi connectivity index (χ4v) is 3.57. The van der Waals surface area contributed by atoms with Gasteiger partial charge in [-0.05, 0) is 37.1 Å². The smallest absolute Gasteiger partial charge is 0.291 e. The minimum absolute atomic E-state index is 0.124. The molecule has 3 aromatic rings. The molecule has 30 heavy (non-hydrogen) atoms. The molecule has 0 radical (unpaired) electrons. The zero-order valence-electron chi connectivity index (χ0n) is 17.1. The minimum atomic E-state index is -0.361. The van der Waals surface area contributed by atoms with Gasteiger partial charge in [0.15, 0.2) is 6.61 Å². The first-order chi connectivity index (χ1) is 14.5. The number of fused-ring (bicyclic) bond motifs is 1. The SMILES string of the molecule is Cc1cccc(C)c1OCC(=O)Nc1c(C(=O)N2CCOCC2)oc2ccccc12. The first-order valence-electron chi connectivity index (χ1n) is 9.92. The Balaban J connectivity index is 1.56. The minimum Gasteiger partial charge on any atom is -0.483 e. The monoisotopic (exact) mass is 408 g/mol. The molecule has 2 aromatic carbocycles. The number of anilines is 1. The lowest BCUT2D eigenvalue weighted by Crippen LogP contribution is -2.40. The molecule has 4 rings (SSSR count). The van der Waals surface area contributed by atoms with Crippen LogP contribution in [0.4, 0.5) is 5.69 Å². The first kappa shape index (κ1) is 20.0. The van der Waals surface area contributed by atoms with Gasteiger partial charge in [-0.2, -0.15) is 0 Å². The molecular weight excluding hydrogens is 384 g/mol. The summed E-state index contributed by atoms with van der Waals surface area (Å²) >= 11 is 0. The van der Waals surface area contributed by atoms with Crippen molar-refractivity contribution in [3.63, 3.8) is 0 Å². The van der Waals surface area contributed by atoms with Crippen LogP contribution in [0, 0.1) is 13.8 Å². The number of morpholine rings is 1. The van der Waals surface area contributed by atoms with E-state index in [0.717, 1.165) is 11.1 Å². The number of ether oxygens (including phenoxy) is 2. The first-order valence-corrected chi connectivity index (χ1v) is 9.92. The molecule has 0 bridgehead atoms. The topological polar surface area (TPSA) is 81.0 Å². The number of benzene rings is 2. The number of carbonyl (C=O) groups excluding carboxylic acids is 2. The maximum atomic E-state index is 13.0. The van der Waals surface area contributed by atoms with E-state index in [1.165, 1.54) is 0 Å². The molecule has 7 nitrogen and oxygen atoms in total. The van der Waals surface area contributed by atoms with E-state index in [9.17, 15) is 9.59 Å². The van der Waals surface area contributed by atoms with Crippen LogP contribution in [0.25, 0.3) is 11.0 Å². The summed E-state index contributed by atoms with van der Waals surface area (Å²) in [4.78, 5) is 27.4. The van der Waals surface area contributed by atoms with Gasteiger partial charge in [0.25, 0.3) is 11.8 Å². The van der Waals surface area contributed by atoms with E-state index in [1.54, 1.807) is 11.0 Å². The Bertz CT molecular complexity index is 1060. The summed E-state index contributed by atoms with van der Waals surface area (Å²) < 4.78 is 16.9. The highest BCUT2D eigenvalue weighted by Gasteiger charge is 2.27. The van der Waals surface area contributed by atoms with E-state index in [-0.39, 0.29) is 24.2 Å². The third-order valence-electron chi connectivity index (χ3n) is 5.11. The molecule has 2 amide bonds. The van der Waals surface area contributed by atoms with Gasteiger partial charge >= 0.3 is 0 Å². The molecule has 156 valence electrons. The number of aryl methyl sites for hydroxylation is 2. The lowest BCUT2D eigenvalue weighted by molar-refractivity contribution is -0.118. The average Bonchev–Trinajstić information content (AvgIpc) is 3.12. The molecule has 7 heteroatoms. The number of hydrogen-bond donors (Lipinski definition) is 1. The van der Waals surface area contributed by atoms with Gasteiger partial charge in [-0.1, -0.05) is 30.3 Å². The Labute approximate surface area is 174 Å². The van der Waals surface area contributed by atoms with Crippen LogP contribution in [-0.4, -0.2) is 49.6 Å². The summed E-state index contributed by atoms with van der Waals surface area (Å²) in [5.74, 6) is 0.188. The van der Waals surface area contributed by atoms with Crippen molar-refractivity contribution in [3.05, 3.63) is 59.4 Å². The summed E-state index contributed by atoms with van der Waals surface area (Å²) in [7, 11) is 0. The van der Waals surface area contributed by atoms with E-state index in [0.29, 0.717) is 48.7 Å². The van der Waals surface area contributed by atoms with Crippen LogP contribution >= 0.6 is 0 Å². The number of amides is 2. The second-order valence-corrected chi connectivity index (χ2v) is 7.26. The zero-order valence-corrected chi connectivity index (χ0v) is 17.1. The number of hydrogen-bond acceptors (Lipinski definition) is 5. The highest BCUT2D eigenvalue weighted by molar-refractivity contribution is 6.11. The molecule has 0 atom stereocenters. The maximum absolute atomic E-state index is 13.0. The fourth-order valence-electron chi connectivity index (χ4n) is 3.57. The van der Waals surface area contributed by atoms with Crippen LogP contribution in [0.3, 0.4) is 0 Å². The van der Waals surface area contributed by atoms with Crippen molar-refractivity contribution in [2.45, 2.75) is 13.8 Å². The van der Waals surface area contributed by atoms with E-state index in [4.69, 9.17) is 13.9 Å². The van der Waals surface area contributed by atoms with Crippen molar-refractivity contribution in [1.29, 1.82) is 0 Å². The normalized spacial score (nSPS) is 14.0. The number of carbonyl (C=O) groups is 2. The summed E-state index contributed by atoms with van der Waals surface area (Å²) in [6.45, 7) is 5.63. The van der Waals surface area contributed by atoms with Crippen LogP contribution in [0.5, 0.6) is 5.75 Å². The molecule has 0 spiro atoms. The van der Waals surface area contributed by atoms with Crippen LogP contribution in [0.15, 0.2) is 46.9 Å². The third-order valence-corrected chi connectivity index (χ3v) is 5.11. The van der Waals surface area contributed by atoms with Crippen LogP contribution in [-0.2, 0) is 9.53 Å². The van der Waals surface area contributed by atoms with E-state index >= 15 is 0 Å². The van der Waals surface area contributed by atoms with Gasteiger partial charge in [0, 0.05) is 18.5 Å². The summed E-state index contributed by atoms with van der Waals surface area (Å²) in [5.41, 5.74) is 2.83. The van der Waals surface area contributed by atoms with Crippen LogP contribution < -0.4 is 10.1 Å². The van der Waals surface area contributed by atoms with E-state index in [2.05, 4.69) is 5.32 Å². The molecule has 1 aliphatic rings. The predicted octanol–water partition coefficient (Wildman–Crippen LogP) is 3.54. The van der Waals surface area contributed by atoms with Crippen molar-refractivity contribution < 1.29 is 23.5 Å². The Morgan fingerprint density at radius 2 is 1.73 bits per heavy atom. The Hall–Kier alpha value is -3.32. The van der Waals surface area contributed by atoms with Gasteiger partial charge in [-0.25, -0.2) is 0 Å². The molecule has 0 saturated carbocycles. The standard InChI is InChI=1S/C23H24N2O5/c1-15-6-5-7-16(2)21(15)29-14-19(26)24-20-17-8-3-4-9-18(17)30-22(20)23(27)25-10-12-28-13-11-25/h3-9H,10-14H2,1-2H3,(H,24,26). The Morgan fingerprint density at radius 3 is 2.47 bits per heavy atom. The van der Waals surface area contributed by atoms with Gasteiger partial charge in [0.1, 0.15) is 17.0 Å². The third kappa shape index (κ3) is 4.02. The molecule has 0 unspecified atom stereocenters. The summed E-state index contributed by atoms with van der Waals surface area (Å²) in [5, 5.41) is 3.50. The van der Waals surface area contributed by atoms with Gasteiger partial charge < -0.3 is 24.1 Å². The average molecular weight is 408 g/mol. The van der Waals surface area contributed by atoms with Gasteiger partial charge in [-0.15, -0.1) is 0 Å². The largest absolute Gasteiger partial charge is 0.483 e. The van der Waals surface area contributed by atoms with Gasteiger partial charge in [-0.3, -0.25) is 9.59 Å². The lowest BCUT2D eigenvalue weighted by Gasteiger charge is -2.26. The van der Waals surface area contributed by atoms with Gasteiger partial charge in [0.05, 0.1) is 13.2 Å². The molecule has 0 aliphatic carbocycles. The van der Waals surface area contributed by atoms with Crippen molar-refractivity contribution >= 4 is 28.5 Å². The van der Waals surface area contributed by atoms with Crippen LogP contribution in [0.1, 0.15) is 21.7 Å². The lowest BCUT2D eigenvalue weighted by atomic mass is 10.1. The summed E-state index contributed by atoms with van der Waals surface area (Å²) in [6.07, 6.45) is 0. The highest BCUT2D eigenvalue weighted by atomic mass is 16.5. The molecule has 2 heterocycles. The zero-order chi connectivity index (χ0) is 21.1. The Kier molecular flexibility index (Phi) is 5.72. The fraction of sp³-hybridized carbons (Fsp3) is 0.304. The second kappa shape index (κ2) is 8.59. The second-order valence-electron chi connectivity index (χ2n) is 7.26. The van der Waals surface area contributed by atoms with Crippen molar-refractivity contribution in [1.82, 2.24) is 4.90 Å². The molecule has 1 fully saturated rings. The molecular formula is C23H24N2O5. The number of nitrogens with zero attached hydrogens (tertiary/aromatic N) is 1. The predicted molar refractivity (Wildman–Crippen MR) is 113 cm³/mol. The molecule has 1 aliphatic heterocycles.